The molecule has 22 heavy (non-hydrogen) atoms. The first kappa shape index (κ1) is 16.6. The lowest BCUT2D eigenvalue weighted by Gasteiger charge is -2.15. The molecule has 0 spiro atoms. The van der Waals surface area contributed by atoms with E-state index in [2.05, 4.69) is 10.1 Å². The predicted molar refractivity (Wildman–Crippen MR) is 76.3 cm³/mol. The van der Waals surface area contributed by atoms with Gasteiger partial charge in [0.25, 0.3) is 0 Å². The molecule has 0 saturated carbocycles. The summed E-state index contributed by atoms with van der Waals surface area (Å²) in [5.74, 6) is -0.789. The average molecular weight is 334 g/mol. The fourth-order valence-electron chi connectivity index (χ4n) is 2.02. The number of hydrogen-bond acceptors (Lipinski definition) is 2. The zero-order valence-corrected chi connectivity index (χ0v) is 12.2. The molecule has 0 saturated heterocycles. The van der Waals surface area contributed by atoms with E-state index in [9.17, 15) is 17.6 Å². The molecule has 1 N–H and O–H groups in total. The Labute approximate surface area is 129 Å². The van der Waals surface area contributed by atoms with E-state index in [-0.39, 0.29) is 17.9 Å². The third-order valence-electron chi connectivity index (χ3n) is 2.89. The Kier molecular flexibility index (Phi) is 4.93. The van der Waals surface area contributed by atoms with E-state index in [1.165, 1.54) is 36.4 Å². The number of benzene rings is 2. The first-order valence-corrected chi connectivity index (χ1v) is 6.66. The number of halogens is 5. The molecule has 0 fully saturated rings. The van der Waals surface area contributed by atoms with Gasteiger partial charge in [0.15, 0.2) is 0 Å². The van der Waals surface area contributed by atoms with E-state index in [4.69, 9.17) is 11.6 Å². The molecule has 2 aromatic carbocycles. The standard InChI is InChI=1S/C15H12ClF4NO/c1-21-8-10-6-9(2-5-14(10)22-15(18,19)20)12-7-11(17)3-4-13(12)16/h2-7,21H,8H2,1H3. The Morgan fingerprint density at radius 3 is 2.50 bits per heavy atom. The van der Waals surface area contributed by atoms with Crippen LogP contribution in [0.15, 0.2) is 36.4 Å². The molecule has 2 nitrogen and oxygen atoms in total. The molecule has 0 aromatic heterocycles. The van der Waals surface area contributed by atoms with Crippen LogP contribution in [0.25, 0.3) is 11.1 Å². The SMILES string of the molecule is CNCc1cc(-c2cc(F)ccc2Cl)ccc1OC(F)(F)F. The van der Waals surface area contributed by atoms with Gasteiger partial charge >= 0.3 is 6.36 Å². The van der Waals surface area contributed by atoms with Gasteiger partial charge in [0, 0.05) is 22.7 Å². The Hall–Kier alpha value is -1.79. The molecule has 0 unspecified atom stereocenters. The number of alkyl halides is 3. The zero-order chi connectivity index (χ0) is 16.3. The van der Waals surface area contributed by atoms with Crippen LogP contribution in [0.5, 0.6) is 5.75 Å². The normalized spacial score (nSPS) is 11.5. The molecule has 2 rings (SSSR count). The smallest absolute Gasteiger partial charge is 0.405 e. The summed E-state index contributed by atoms with van der Waals surface area (Å²) in [6.45, 7) is 0.159. The highest BCUT2D eigenvalue weighted by Gasteiger charge is 2.32. The van der Waals surface area contributed by atoms with Gasteiger partial charge in [-0.3, -0.25) is 0 Å². The van der Waals surface area contributed by atoms with Gasteiger partial charge in [-0.05, 0) is 42.9 Å². The van der Waals surface area contributed by atoms with Gasteiger partial charge in [0.05, 0.1) is 0 Å². The molecule has 0 atom stereocenters. The number of rotatable bonds is 4. The second-order valence-corrected chi connectivity index (χ2v) is 4.93. The molecule has 0 radical (unpaired) electrons. The summed E-state index contributed by atoms with van der Waals surface area (Å²) in [7, 11) is 1.60. The van der Waals surface area contributed by atoms with Crippen LogP contribution in [0.4, 0.5) is 17.6 Å². The van der Waals surface area contributed by atoms with Gasteiger partial charge in [-0.15, -0.1) is 13.2 Å². The fraction of sp³-hybridized carbons (Fsp3) is 0.200. The van der Waals surface area contributed by atoms with Crippen LogP contribution in [0.2, 0.25) is 5.02 Å². The summed E-state index contributed by atoms with van der Waals surface area (Å²) in [6, 6.07) is 7.91. The van der Waals surface area contributed by atoms with E-state index in [0.29, 0.717) is 16.1 Å². The van der Waals surface area contributed by atoms with Crippen molar-refractivity contribution >= 4 is 11.6 Å². The topological polar surface area (TPSA) is 21.3 Å². The summed E-state index contributed by atoms with van der Waals surface area (Å²) < 4.78 is 54.5. The van der Waals surface area contributed by atoms with E-state index in [1.807, 2.05) is 0 Å². The van der Waals surface area contributed by atoms with Crippen LogP contribution in [0.1, 0.15) is 5.56 Å². The van der Waals surface area contributed by atoms with Crippen LogP contribution in [0.3, 0.4) is 0 Å². The van der Waals surface area contributed by atoms with Gasteiger partial charge in [-0.2, -0.15) is 0 Å². The maximum absolute atomic E-state index is 13.3. The van der Waals surface area contributed by atoms with Crippen LogP contribution in [-0.2, 0) is 6.54 Å². The maximum Gasteiger partial charge on any atom is 0.573 e. The molecule has 2 aromatic rings. The summed E-state index contributed by atoms with van der Waals surface area (Å²) in [6.07, 6.45) is -4.78. The van der Waals surface area contributed by atoms with Crippen molar-refractivity contribution in [3.05, 3.63) is 52.8 Å². The van der Waals surface area contributed by atoms with Gasteiger partial charge in [-0.25, -0.2) is 4.39 Å². The average Bonchev–Trinajstić information content (AvgIpc) is 2.42. The van der Waals surface area contributed by atoms with Crippen molar-refractivity contribution in [2.24, 2.45) is 0 Å². The molecule has 0 bridgehead atoms. The second-order valence-electron chi connectivity index (χ2n) is 4.52. The maximum atomic E-state index is 13.3. The third-order valence-corrected chi connectivity index (χ3v) is 3.22. The lowest BCUT2D eigenvalue weighted by molar-refractivity contribution is -0.274. The van der Waals surface area contributed by atoms with E-state index >= 15 is 0 Å². The minimum Gasteiger partial charge on any atom is -0.405 e. The summed E-state index contributed by atoms with van der Waals surface area (Å²) in [5, 5.41) is 3.07. The van der Waals surface area contributed by atoms with Crippen molar-refractivity contribution in [2.75, 3.05) is 7.05 Å². The summed E-state index contributed by atoms with van der Waals surface area (Å²) in [4.78, 5) is 0. The highest BCUT2D eigenvalue weighted by molar-refractivity contribution is 6.33. The second kappa shape index (κ2) is 6.54. The lowest BCUT2D eigenvalue weighted by atomic mass is 10.0. The lowest BCUT2D eigenvalue weighted by Crippen LogP contribution is -2.19. The Morgan fingerprint density at radius 1 is 1.14 bits per heavy atom. The van der Waals surface area contributed by atoms with Crippen molar-refractivity contribution in [3.8, 4) is 16.9 Å². The number of nitrogens with one attached hydrogen (secondary N) is 1. The minimum absolute atomic E-state index is 0.159. The molecule has 0 aliphatic carbocycles. The van der Waals surface area contributed by atoms with Crippen LogP contribution >= 0.6 is 11.6 Å². The first-order valence-electron chi connectivity index (χ1n) is 6.29. The highest BCUT2D eigenvalue weighted by atomic mass is 35.5. The van der Waals surface area contributed by atoms with Crippen LogP contribution in [-0.4, -0.2) is 13.4 Å². The van der Waals surface area contributed by atoms with Gasteiger partial charge in [-0.1, -0.05) is 17.7 Å². The molecular weight excluding hydrogens is 322 g/mol. The van der Waals surface area contributed by atoms with E-state index in [1.54, 1.807) is 7.05 Å². The quantitative estimate of drug-likeness (QED) is 0.814. The largest absolute Gasteiger partial charge is 0.573 e. The number of hydrogen-bond donors (Lipinski definition) is 1. The molecular formula is C15H12ClF4NO. The molecule has 0 amide bonds. The molecule has 0 heterocycles. The Morgan fingerprint density at radius 2 is 1.86 bits per heavy atom. The van der Waals surface area contributed by atoms with Gasteiger partial charge < -0.3 is 10.1 Å². The number of ether oxygens (including phenoxy) is 1. The predicted octanol–water partition coefficient (Wildman–Crippen LogP) is 4.76. The van der Waals surface area contributed by atoms with Crippen molar-refractivity contribution < 1.29 is 22.3 Å². The van der Waals surface area contributed by atoms with Crippen molar-refractivity contribution in [1.82, 2.24) is 5.32 Å². The Balaban J connectivity index is 2.46. The molecule has 118 valence electrons. The van der Waals surface area contributed by atoms with Gasteiger partial charge in [0.2, 0.25) is 0 Å². The van der Waals surface area contributed by atoms with E-state index in [0.717, 1.165) is 0 Å². The van der Waals surface area contributed by atoms with Crippen molar-refractivity contribution in [3.63, 3.8) is 0 Å². The van der Waals surface area contributed by atoms with Crippen LogP contribution in [0, 0.1) is 5.82 Å². The first-order chi connectivity index (χ1) is 10.3. The summed E-state index contributed by atoms with van der Waals surface area (Å²) in [5.41, 5.74) is 1.19. The molecule has 0 aliphatic heterocycles. The van der Waals surface area contributed by atoms with Gasteiger partial charge in [0.1, 0.15) is 11.6 Å². The minimum atomic E-state index is -4.78. The van der Waals surface area contributed by atoms with Crippen LogP contribution < -0.4 is 10.1 Å². The van der Waals surface area contributed by atoms with Crippen molar-refractivity contribution in [2.45, 2.75) is 12.9 Å². The summed E-state index contributed by atoms with van der Waals surface area (Å²) >= 11 is 6.01. The third kappa shape index (κ3) is 4.11. The fourth-order valence-corrected chi connectivity index (χ4v) is 2.25. The Bertz CT molecular complexity index is 673. The van der Waals surface area contributed by atoms with Crippen molar-refractivity contribution in [1.29, 1.82) is 0 Å². The molecule has 0 aliphatic rings. The zero-order valence-electron chi connectivity index (χ0n) is 11.5. The monoisotopic (exact) mass is 333 g/mol. The highest BCUT2D eigenvalue weighted by Crippen LogP contribution is 2.34. The molecule has 7 heteroatoms. The van der Waals surface area contributed by atoms with E-state index < -0.39 is 12.2 Å².